The minimum Gasteiger partial charge on any atom is -0.465 e. The molecule has 0 amide bonds. The molecule has 0 spiro atoms. The average Bonchev–Trinajstić information content (AvgIpc) is 2.95. The molecule has 0 aliphatic carbocycles. The molecule has 4 rings (SSSR count). The van der Waals surface area contributed by atoms with Gasteiger partial charge in [0.05, 0.1) is 36.7 Å². The zero-order valence-electron chi connectivity index (χ0n) is 20.0. The maximum Gasteiger partial charge on any atom is 0.337 e. The molecule has 0 aromatic heterocycles. The van der Waals surface area contributed by atoms with Crippen LogP contribution in [0.4, 0.5) is 11.4 Å². The van der Waals surface area contributed by atoms with E-state index in [0.717, 1.165) is 33.9 Å². The second kappa shape index (κ2) is 11.5. The van der Waals surface area contributed by atoms with E-state index in [2.05, 4.69) is 10.6 Å². The predicted octanol–water partition coefficient (Wildman–Crippen LogP) is 6.31. The maximum atomic E-state index is 11.9. The number of methoxy groups -OCH3 is 2. The summed E-state index contributed by atoms with van der Waals surface area (Å²) >= 11 is 0. The first-order valence-electron chi connectivity index (χ1n) is 11.3. The molecule has 0 fully saturated rings. The van der Waals surface area contributed by atoms with E-state index in [0.29, 0.717) is 11.1 Å². The molecule has 2 N–H and O–H groups in total. The molecule has 0 aliphatic rings. The molecule has 6 nitrogen and oxygen atoms in total. The lowest BCUT2D eigenvalue weighted by atomic mass is 10.0. The molecule has 4 aromatic carbocycles. The average molecular weight is 479 g/mol. The number of nitrogens with one attached hydrogen (secondary N) is 2. The number of carbonyl (C=O) groups is 2. The summed E-state index contributed by atoms with van der Waals surface area (Å²) in [5.41, 5.74) is 6.16. The van der Waals surface area contributed by atoms with Crippen LogP contribution in [0.25, 0.3) is 11.4 Å². The van der Waals surface area contributed by atoms with Crippen molar-refractivity contribution in [2.45, 2.75) is 0 Å². The van der Waals surface area contributed by atoms with E-state index in [1.807, 2.05) is 84.9 Å². The Kier molecular flexibility index (Phi) is 7.78. The van der Waals surface area contributed by atoms with Crippen molar-refractivity contribution in [2.75, 3.05) is 24.9 Å². The third kappa shape index (κ3) is 5.80. The van der Waals surface area contributed by atoms with E-state index in [1.54, 1.807) is 24.3 Å². The molecular weight excluding hydrogens is 452 g/mol. The van der Waals surface area contributed by atoms with Crippen LogP contribution in [0.5, 0.6) is 0 Å². The van der Waals surface area contributed by atoms with E-state index >= 15 is 0 Å². The minimum atomic E-state index is -0.387. The lowest BCUT2D eigenvalue weighted by molar-refractivity contribution is 0.0592. The topological polar surface area (TPSA) is 76.7 Å². The molecule has 0 saturated heterocycles. The van der Waals surface area contributed by atoms with Crippen LogP contribution in [0.3, 0.4) is 0 Å². The molecule has 4 aromatic rings. The van der Waals surface area contributed by atoms with Gasteiger partial charge in [-0.2, -0.15) is 0 Å². The summed E-state index contributed by atoms with van der Waals surface area (Å²) in [6.45, 7) is 0. The van der Waals surface area contributed by atoms with Gasteiger partial charge in [-0.1, -0.05) is 60.7 Å². The Bertz CT molecular complexity index is 1240. The molecule has 0 saturated carbocycles. The Morgan fingerprint density at radius 1 is 0.472 bits per heavy atom. The summed E-state index contributed by atoms with van der Waals surface area (Å²) in [6.07, 6.45) is 0. The third-order valence-corrected chi connectivity index (χ3v) is 5.53. The molecule has 0 unspecified atom stereocenters. The fourth-order valence-corrected chi connectivity index (χ4v) is 3.67. The van der Waals surface area contributed by atoms with E-state index < -0.39 is 0 Å². The van der Waals surface area contributed by atoms with Crippen LogP contribution < -0.4 is 10.6 Å². The van der Waals surface area contributed by atoms with Crippen LogP contribution in [-0.4, -0.2) is 26.2 Å². The quantitative estimate of drug-likeness (QED) is 0.228. The summed E-state index contributed by atoms with van der Waals surface area (Å²) < 4.78 is 9.62. The molecule has 0 aliphatic heterocycles. The van der Waals surface area contributed by atoms with Crippen molar-refractivity contribution >= 4 is 34.7 Å². The number of carbonyl (C=O) groups excluding carboxylic acids is 2. The summed E-state index contributed by atoms with van der Waals surface area (Å²) in [5, 5.41) is 7.06. The molecule has 180 valence electrons. The fraction of sp³-hybridized carbons (Fsp3) is 0.0667. The highest BCUT2D eigenvalue weighted by molar-refractivity contribution is 6.00. The number of hydrogen-bond acceptors (Lipinski definition) is 6. The first kappa shape index (κ1) is 24.3. The van der Waals surface area contributed by atoms with Gasteiger partial charge in [0.25, 0.3) is 0 Å². The minimum absolute atomic E-state index is 0.387. The van der Waals surface area contributed by atoms with Crippen molar-refractivity contribution in [1.82, 2.24) is 0 Å². The maximum absolute atomic E-state index is 11.9. The Balaban J connectivity index is 1.80. The van der Waals surface area contributed by atoms with Gasteiger partial charge in [0.2, 0.25) is 0 Å². The largest absolute Gasteiger partial charge is 0.465 e. The van der Waals surface area contributed by atoms with Crippen LogP contribution in [0, 0.1) is 0 Å². The van der Waals surface area contributed by atoms with Gasteiger partial charge in [-0.15, -0.1) is 0 Å². The Labute approximate surface area is 210 Å². The fourth-order valence-electron chi connectivity index (χ4n) is 3.67. The highest BCUT2D eigenvalue weighted by atomic mass is 16.5. The first-order valence-corrected chi connectivity index (χ1v) is 11.3. The number of rotatable bonds is 8. The van der Waals surface area contributed by atoms with Gasteiger partial charge in [-0.05, 0) is 48.5 Å². The lowest BCUT2D eigenvalue weighted by Gasteiger charge is -2.20. The van der Waals surface area contributed by atoms with Crippen molar-refractivity contribution in [3.05, 3.63) is 131 Å². The molecule has 0 bridgehead atoms. The van der Waals surface area contributed by atoms with Crippen molar-refractivity contribution in [1.29, 1.82) is 0 Å². The second-order valence-corrected chi connectivity index (χ2v) is 7.87. The summed E-state index contributed by atoms with van der Waals surface area (Å²) in [7, 11) is 2.72. The molecule has 0 atom stereocenters. The van der Waals surface area contributed by atoms with Crippen LogP contribution in [-0.2, 0) is 9.47 Å². The predicted molar refractivity (Wildman–Crippen MR) is 143 cm³/mol. The Hall–Kier alpha value is -4.84. The molecule has 0 heterocycles. The van der Waals surface area contributed by atoms with Gasteiger partial charge in [0, 0.05) is 22.5 Å². The monoisotopic (exact) mass is 478 g/mol. The SMILES string of the molecule is COC(=O)c1ccc(NC(=C(Nc2ccc(C(=O)OC)cc2)c2ccccc2)c2ccccc2)cc1. The summed E-state index contributed by atoms with van der Waals surface area (Å²) in [6, 6.07) is 34.2. The summed E-state index contributed by atoms with van der Waals surface area (Å²) in [4.78, 5) is 23.7. The third-order valence-electron chi connectivity index (χ3n) is 5.53. The van der Waals surface area contributed by atoms with E-state index in [1.165, 1.54) is 14.2 Å². The Morgan fingerprint density at radius 2 is 0.806 bits per heavy atom. The molecule has 6 heteroatoms. The normalized spacial score (nSPS) is 11.2. The van der Waals surface area contributed by atoms with Gasteiger partial charge < -0.3 is 20.1 Å². The first-order chi connectivity index (χ1) is 17.6. The van der Waals surface area contributed by atoms with Crippen molar-refractivity contribution in [3.63, 3.8) is 0 Å². The zero-order valence-corrected chi connectivity index (χ0v) is 20.0. The van der Waals surface area contributed by atoms with Crippen LogP contribution in [0.1, 0.15) is 31.8 Å². The van der Waals surface area contributed by atoms with Crippen LogP contribution >= 0.6 is 0 Å². The molecule has 36 heavy (non-hydrogen) atoms. The van der Waals surface area contributed by atoms with Crippen LogP contribution in [0.2, 0.25) is 0 Å². The number of anilines is 2. The number of hydrogen-bond donors (Lipinski definition) is 2. The highest BCUT2D eigenvalue weighted by Crippen LogP contribution is 2.30. The van der Waals surface area contributed by atoms with Gasteiger partial charge in [0.15, 0.2) is 0 Å². The van der Waals surface area contributed by atoms with Crippen LogP contribution in [0.15, 0.2) is 109 Å². The standard InChI is InChI=1S/C30H26N2O4/c1-35-29(33)23-13-17-25(18-14-23)31-27(21-9-5-3-6-10-21)28(22-11-7-4-8-12-22)32-26-19-15-24(16-20-26)30(34)36-2/h3-20,31-32H,1-2H3. The van der Waals surface area contributed by atoms with Gasteiger partial charge in [-0.3, -0.25) is 0 Å². The number of esters is 2. The molecular formula is C30H26N2O4. The molecule has 0 radical (unpaired) electrons. The highest BCUT2D eigenvalue weighted by Gasteiger charge is 2.14. The van der Waals surface area contributed by atoms with E-state index in [-0.39, 0.29) is 11.9 Å². The van der Waals surface area contributed by atoms with Gasteiger partial charge in [0.1, 0.15) is 0 Å². The lowest BCUT2D eigenvalue weighted by Crippen LogP contribution is -2.10. The van der Waals surface area contributed by atoms with Gasteiger partial charge >= 0.3 is 11.9 Å². The summed E-state index contributed by atoms with van der Waals surface area (Å²) in [5.74, 6) is -0.773. The number of ether oxygens (including phenoxy) is 2. The van der Waals surface area contributed by atoms with E-state index in [9.17, 15) is 9.59 Å². The van der Waals surface area contributed by atoms with Crippen molar-refractivity contribution < 1.29 is 19.1 Å². The van der Waals surface area contributed by atoms with Crippen molar-refractivity contribution in [3.8, 4) is 0 Å². The zero-order chi connectivity index (χ0) is 25.3. The van der Waals surface area contributed by atoms with E-state index in [4.69, 9.17) is 9.47 Å². The van der Waals surface area contributed by atoms with Gasteiger partial charge in [-0.25, -0.2) is 9.59 Å². The second-order valence-electron chi connectivity index (χ2n) is 7.87. The number of benzene rings is 4. The van der Waals surface area contributed by atoms with Crippen molar-refractivity contribution in [2.24, 2.45) is 0 Å². The smallest absolute Gasteiger partial charge is 0.337 e. The Morgan fingerprint density at radius 3 is 1.11 bits per heavy atom.